The first-order valence-electron chi connectivity index (χ1n) is 8.59. The third-order valence-corrected chi connectivity index (χ3v) is 5.65. The molecule has 0 radical (unpaired) electrons. The van der Waals surface area contributed by atoms with E-state index < -0.39 is 6.10 Å². The molecule has 2 heterocycles. The van der Waals surface area contributed by atoms with E-state index in [1.54, 1.807) is 25.1 Å². The normalized spacial score (nSPS) is 15.8. The van der Waals surface area contributed by atoms with Crippen molar-refractivity contribution in [2.75, 3.05) is 10.6 Å². The largest absolute Gasteiger partial charge is 0.479 e. The summed E-state index contributed by atoms with van der Waals surface area (Å²) in [4.78, 5) is 24.4. The Balaban J connectivity index is 1.55. The Morgan fingerprint density at radius 2 is 2.07 bits per heavy atom. The molecule has 138 valence electrons. The van der Waals surface area contributed by atoms with Crippen LogP contribution in [-0.2, 0) is 16.1 Å². The summed E-state index contributed by atoms with van der Waals surface area (Å²) in [7, 11) is 0. The second kappa shape index (κ2) is 6.74. The lowest BCUT2D eigenvalue weighted by Gasteiger charge is -2.23. The van der Waals surface area contributed by atoms with Gasteiger partial charge in [0.1, 0.15) is 12.3 Å². The van der Waals surface area contributed by atoms with Crippen molar-refractivity contribution in [3.05, 3.63) is 52.6 Å². The van der Waals surface area contributed by atoms with Crippen molar-refractivity contribution < 1.29 is 14.3 Å². The second-order valence-electron chi connectivity index (χ2n) is 6.51. The number of hydrogen-bond acceptors (Lipinski definition) is 3. The summed E-state index contributed by atoms with van der Waals surface area (Å²) in [6.07, 6.45) is -0.526. The SMILES string of the molecule is Cc1c(Br)c2ccccc2n1CC(=O)Nc1ccc2c(c1)NC(=O)C(C)O2. The van der Waals surface area contributed by atoms with Crippen molar-refractivity contribution in [1.29, 1.82) is 0 Å². The Hall–Kier alpha value is -2.80. The smallest absolute Gasteiger partial charge is 0.265 e. The lowest BCUT2D eigenvalue weighted by molar-refractivity contribution is -0.122. The number of fused-ring (bicyclic) bond motifs is 2. The fraction of sp³-hybridized carbons (Fsp3) is 0.200. The van der Waals surface area contributed by atoms with Crippen molar-refractivity contribution in [3.63, 3.8) is 0 Å². The number of carbonyl (C=O) groups is 2. The summed E-state index contributed by atoms with van der Waals surface area (Å²) >= 11 is 3.60. The number of carbonyl (C=O) groups excluding carboxylic acids is 2. The molecule has 6 nitrogen and oxygen atoms in total. The number of amides is 2. The Morgan fingerprint density at radius 3 is 2.89 bits per heavy atom. The highest BCUT2D eigenvalue weighted by molar-refractivity contribution is 9.10. The van der Waals surface area contributed by atoms with Crippen molar-refractivity contribution >= 4 is 50.0 Å². The predicted molar refractivity (Wildman–Crippen MR) is 108 cm³/mol. The minimum Gasteiger partial charge on any atom is -0.479 e. The highest BCUT2D eigenvalue weighted by Crippen LogP contribution is 2.33. The molecule has 7 heteroatoms. The van der Waals surface area contributed by atoms with E-state index in [1.807, 2.05) is 35.8 Å². The van der Waals surface area contributed by atoms with Gasteiger partial charge in [-0.1, -0.05) is 18.2 Å². The number of nitrogens with zero attached hydrogens (tertiary/aromatic N) is 1. The lowest BCUT2D eigenvalue weighted by atomic mass is 10.2. The molecule has 4 rings (SSSR count). The number of anilines is 2. The molecule has 3 aromatic rings. The molecule has 2 amide bonds. The van der Waals surface area contributed by atoms with E-state index in [0.717, 1.165) is 21.1 Å². The Morgan fingerprint density at radius 1 is 1.30 bits per heavy atom. The van der Waals surface area contributed by atoms with Gasteiger partial charge in [0.2, 0.25) is 5.91 Å². The van der Waals surface area contributed by atoms with Gasteiger partial charge >= 0.3 is 0 Å². The third kappa shape index (κ3) is 3.19. The molecule has 2 aromatic carbocycles. The van der Waals surface area contributed by atoms with Gasteiger partial charge < -0.3 is 19.9 Å². The first-order chi connectivity index (χ1) is 12.9. The average molecular weight is 428 g/mol. The number of benzene rings is 2. The summed E-state index contributed by atoms with van der Waals surface area (Å²) in [5.74, 6) is 0.240. The maximum atomic E-state index is 12.6. The van der Waals surface area contributed by atoms with Crippen LogP contribution >= 0.6 is 15.9 Å². The zero-order chi connectivity index (χ0) is 19.1. The summed E-state index contributed by atoms with van der Waals surface area (Å²) in [5.41, 5.74) is 3.15. The molecule has 0 bridgehead atoms. The van der Waals surface area contributed by atoms with E-state index in [9.17, 15) is 9.59 Å². The van der Waals surface area contributed by atoms with Crippen LogP contribution in [-0.4, -0.2) is 22.5 Å². The van der Waals surface area contributed by atoms with Crippen molar-refractivity contribution in [3.8, 4) is 5.75 Å². The fourth-order valence-corrected chi connectivity index (χ4v) is 3.77. The third-order valence-electron chi connectivity index (χ3n) is 4.65. The van der Waals surface area contributed by atoms with Gasteiger partial charge in [-0.05, 0) is 54.0 Å². The van der Waals surface area contributed by atoms with E-state index in [0.29, 0.717) is 17.1 Å². The molecule has 0 saturated heterocycles. The van der Waals surface area contributed by atoms with E-state index in [-0.39, 0.29) is 18.4 Å². The zero-order valence-corrected chi connectivity index (χ0v) is 16.5. The fourth-order valence-electron chi connectivity index (χ4n) is 3.22. The maximum absolute atomic E-state index is 12.6. The van der Waals surface area contributed by atoms with Gasteiger partial charge in [-0.3, -0.25) is 9.59 Å². The number of nitrogens with one attached hydrogen (secondary N) is 2. The van der Waals surface area contributed by atoms with Crippen LogP contribution in [0.2, 0.25) is 0 Å². The Kier molecular flexibility index (Phi) is 4.39. The van der Waals surface area contributed by atoms with Crippen LogP contribution in [0.1, 0.15) is 12.6 Å². The molecule has 0 fully saturated rings. The van der Waals surface area contributed by atoms with Crippen LogP contribution in [0.25, 0.3) is 10.9 Å². The van der Waals surface area contributed by atoms with E-state index in [2.05, 4.69) is 26.6 Å². The predicted octanol–water partition coefficient (Wildman–Crippen LogP) is 4.07. The van der Waals surface area contributed by atoms with Crippen LogP contribution in [0.3, 0.4) is 0 Å². The minimum atomic E-state index is -0.526. The van der Waals surface area contributed by atoms with Crippen LogP contribution in [0, 0.1) is 6.92 Å². The first kappa shape index (κ1) is 17.6. The van der Waals surface area contributed by atoms with Gasteiger partial charge in [0, 0.05) is 26.8 Å². The van der Waals surface area contributed by atoms with Gasteiger partial charge in [0.15, 0.2) is 6.10 Å². The molecular weight excluding hydrogens is 410 g/mol. The molecule has 1 atom stereocenters. The molecule has 1 aliphatic rings. The summed E-state index contributed by atoms with van der Waals surface area (Å²) in [6, 6.07) is 13.1. The molecule has 1 aliphatic heterocycles. The van der Waals surface area contributed by atoms with E-state index >= 15 is 0 Å². The number of hydrogen-bond donors (Lipinski definition) is 2. The van der Waals surface area contributed by atoms with Crippen LogP contribution in [0.15, 0.2) is 46.9 Å². The average Bonchev–Trinajstić information content (AvgIpc) is 2.88. The second-order valence-corrected chi connectivity index (χ2v) is 7.30. The van der Waals surface area contributed by atoms with Crippen LogP contribution < -0.4 is 15.4 Å². The quantitative estimate of drug-likeness (QED) is 0.661. The molecule has 1 aromatic heterocycles. The highest BCUT2D eigenvalue weighted by Gasteiger charge is 2.23. The first-order valence-corrected chi connectivity index (χ1v) is 9.38. The molecule has 0 saturated carbocycles. The molecule has 27 heavy (non-hydrogen) atoms. The van der Waals surface area contributed by atoms with Crippen molar-refractivity contribution in [1.82, 2.24) is 4.57 Å². The minimum absolute atomic E-state index is 0.150. The van der Waals surface area contributed by atoms with Crippen molar-refractivity contribution in [2.45, 2.75) is 26.5 Å². The monoisotopic (exact) mass is 427 g/mol. The van der Waals surface area contributed by atoms with Gasteiger partial charge in [-0.25, -0.2) is 0 Å². The summed E-state index contributed by atoms with van der Waals surface area (Å²) < 4.78 is 8.50. The standard InChI is InChI=1S/C20H18BrN3O3/c1-11-19(21)14-5-3-4-6-16(14)24(11)10-18(25)22-13-7-8-17-15(9-13)23-20(26)12(2)27-17/h3-9,12H,10H2,1-2H3,(H,22,25)(H,23,26). The number of halogens is 1. The van der Waals surface area contributed by atoms with Gasteiger partial charge in [0.05, 0.1) is 5.69 Å². The summed E-state index contributed by atoms with van der Waals surface area (Å²) in [6.45, 7) is 3.86. The van der Waals surface area contributed by atoms with Gasteiger partial charge in [0.25, 0.3) is 5.91 Å². The molecule has 0 aliphatic carbocycles. The maximum Gasteiger partial charge on any atom is 0.265 e. The molecule has 2 N–H and O–H groups in total. The topological polar surface area (TPSA) is 72.4 Å². The Bertz CT molecular complexity index is 1070. The number of para-hydroxylation sites is 1. The molecule has 0 spiro atoms. The van der Waals surface area contributed by atoms with Crippen LogP contribution in [0.4, 0.5) is 11.4 Å². The molecule has 1 unspecified atom stereocenters. The summed E-state index contributed by atoms with van der Waals surface area (Å²) in [5, 5.41) is 6.74. The van der Waals surface area contributed by atoms with E-state index in [4.69, 9.17) is 4.74 Å². The number of ether oxygens (including phenoxy) is 1. The van der Waals surface area contributed by atoms with Crippen LogP contribution in [0.5, 0.6) is 5.75 Å². The van der Waals surface area contributed by atoms with Gasteiger partial charge in [-0.2, -0.15) is 0 Å². The van der Waals surface area contributed by atoms with E-state index in [1.165, 1.54) is 0 Å². The van der Waals surface area contributed by atoms with Crippen molar-refractivity contribution in [2.24, 2.45) is 0 Å². The Labute approximate surface area is 164 Å². The lowest BCUT2D eigenvalue weighted by Crippen LogP contribution is -2.34. The van der Waals surface area contributed by atoms with Gasteiger partial charge in [-0.15, -0.1) is 0 Å². The zero-order valence-electron chi connectivity index (χ0n) is 14.9. The highest BCUT2D eigenvalue weighted by atomic mass is 79.9. The number of rotatable bonds is 3. The molecular formula is C20H18BrN3O3. The number of aromatic nitrogens is 1.